The Balaban J connectivity index is 0.00000752. The monoisotopic (exact) mass is 1160 g/mol. The third-order valence-electron chi connectivity index (χ3n) is 13.6. The van der Waals surface area contributed by atoms with Crippen molar-refractivity contribution in [2.75, 3.05) is 0 Å². The van der Waals surface area contributed by atoms with E-state index in [1.54, 1.807) is 30.3 Å². The molecule has 3 heterocycles. The average molecular weight is 1160 g/mol. The molecule has 0 aliphatic carbocycles. The summed E-state index contributed by atoms with van der Waals surface area (Å²) in [6, 6.07) is 86.5. The maximum absolute atomic E-state index is 8.18. The molecule has 0 bridgehead atoms. The zero-order chi connectivity index (χ0) is 58.2. The molecule has 4 heteroatoms. The summed E-state index contributed by atoms with van der Waals surface area (Å²) in [5.74, 6) is 0. The third kappa shape index (κ3) is 10.3. The van der Waals surface area contributed by atoms with E-state index in [4.69, 9.17) is 12.3 Å². The van der Waals surface area contributed by atoms with Crippen molar-refractivity contribution in [3.05, 3.63) is 284 Å². The summed E-state index contributed by atoms with van der Waals surface area (Å²) in [6.07, 6.45) is 4.33. The molecule has 0 radical (unpaired) electrons. The molecule has 0 saturated carbocycles. The fraction of sp³-hybridized carbons (Fsp3) is 0.0417. The van der Waals surface area contributed by atoms with Gasteiger partial charge in [-0.3, -0.25) is 0 Å². The topological polar surface area (TPSA) is 38.7 Å². The number of aryl methyl sites for hydroxylation is 3. The molecule has 362 valence electrons. The van der Waals surface area contributed by atoms with Crippen LogP contribution >= 0.6 is 0 Å². The number of pyridine rings is 3. The first-order valence-electron chi connectivity index (χ1n) is 29.1. The maximum Gasteiger partial charge on any atom is 3.00 e. The summed E-state index contributed by atoms with van der Waals surface area (Å²) in [4.78, 5) is 13.6. The molecule has 0 aliphatic heterocycles. The van der Waals surface area contributed by atoms with Gasteiger partial charge in [-0.15, -0.1) is 83.4 Å². The van der Waals surface area contributed by atoms with E-state index >= 15 is 0 Å². The van der Waals surface area contributed by atoms with Gasteiger partial charge >= 0.3 is 20.1 Å². The normalized spacial score (nSPS) is 13.2. The van der Waals surface area contributed by atoms with Crippen LogP contribution in [0.15, 0.2) is 249 Å². The van der Waals surface area contributed by atoms with Gasteiger partial charge in [0.1, 0.15) is 0 Å². The fourth-order valence-corrected chi connectivity index (χ4v) is 9.80. The Kier molecular flexibility index (Phi) is 11.4. The van der Waals surface area contributed by atoms with Crippen molar-refractivity contribution in [2.24, 2.45) is 0 Å². The predicted octanol–water partition coefficient (Wildman–Crippen LogP) is 18.5. The molecule has 76 heavy (non-hydrogen) atoms. The van der Waals surface area contributed by atoms with Crippen molar-refractivity contribution in [2.45, 2.75) is 20.6 Å². The van der Waals surface area contributed by atoms with Crippen LogP contribution in [0, 0.1) is 38.8 Å². The van der Waals surface area contributed by atoms with Crippen molar-refractivity contribution in [1.29, 1.82) is 0 Å². The van der Waals surface area contributed by atoms with Gasteiger partial charge in [-0.05, 0) is 123 Å². The Morgan fingerprint density at radius 3 is 1.22 bits per heavy atom. The molecule has 3 aromatic heterocycles. The van der Waals surface area contributed by atoms with Crippen molar-refractivity contribution in [3.63, 3.8) is 0 Å². The van der Waals surface area contributed by atoms with Gasteiger partial charge in [-0.1, -0.05) is 202 Å². The SMILES string of the molecule is [2H]C([2H])([2H])c1ccc(-c2[c-]cc(-c3ccccc3-c3cc(-c4ccccc4-c4c[c-]c(-c5ccc(C([2H])([2H])[2H])cn5)cc4)cc(-c4ccccc4-c4c[c-]c(-c5cc(C([2H])([2H])[2H])ccn5)cc4-c4ccc(-c5ccccc5)cc4)c3)cc2)nc1.[Ir+3]. The molecule has 0 saturated heterocycles. The van der Waals surface area contributed by atoms with Crippen molar-refractivity contribution in [3.8, 4) is 123 Å². The molecule has 0 spiro atoms. The van der Waals surface area contributed by atoms with Crippen LogP contribution in [0.4, 0.5) is 0 Å². The average Bonchev–Trinajstić information content (AvgIpc) is 3.70. The van der Waals surface area contributed by atoms with E-state index in [1.165, 1.54) is 24.7 Å². The molecular formula is C72H50IrN3. The van der Waals surface area contributed by atoms with Gasteiger partial charge in [0.2, 0.25) is 0 Å². The number of rotatable bonds is 11. The van der Waals surface area contributed by atoms with Crippen LogP contribution in [0.5, 0.6) is 0 Å². The number of aromatic nitrogens is 3. The van der Waals surface area contributed by atoms with Crippen LogP contribution in [0.3, 0.4) is 0 Å². The molecule has 0 unspecified atom stereocenters. The number of hydrogen-bond donors (Lipinski definition) is 0. The first-order chi connectivity index (χ1) is 40.5. The molecule has 0 aliphatic rings. The Morgan fingerprint density at radius 1 is 0.289 bits per heavy atom. The zero-order valence-electron chi connectivity index (χ0n) is 49.8. The number of hydrogen-bond acceptors (Lipinski definition) is 3. The van der Waals surface area contributed by atoms with E-state index in [9.17, 15) is 0 Å². The van der Waals surface area contributed by atoms with E-state index in [0.717, 1.165) is 100 Å². The molecule has 0 N–H and O–H groups in total. The summed E-state index contributed by atoms with van der Waals surface area (Å²) in [5, 5.41) is 0. The van der Waals surface area contributed by atoms with Crippen LogP contribution in [0.1, 0.15) is 29.0 Å². The van der Waals surface area contributed by atoms with Gasteiger partial charge in [0.25, 0.3) is 0 Å². The van der Waals surface area contributed by atoms with Crippen molar-refractivity contribution < 1.29 is 32.4 Å². The molecule has 9 aromatic carbocycles. The predicted molar refractivity (Wildman–Crippen MR) is 310 cm³/mol. The standard InChI is InChI=1S/C72H50N3.Ir/c1-48-39-40-73-72(41-48)58-35-36-68(69(45-58)55-25-23-52(24-26-55)51-13-5-4-6-14-51)67-20-12-11-19-66(67)61-43-59(64-17-9-7-15-62(64)53-27-31-56(32-28-53)70-37-21-49(2)46-74-70)42-60(44-61)65-18-10-8-16-63(65)54-29-33-57(34-30-54)71-38-22-50(3)47-75-71;/h4-31,33,36-47H,1-3H3;/q-3;+3/i1D3,2D3,3D3;. The molecular weight excluding hydrogens is 1100 g/mol. The summed E-state index contributed by atoms with van der Waals surface area (Å²) < 4.78 is 71.4. The first kappa shape index (κ1) is 39.5. The van der Waals surface area contributed by atoms with Gasteiger partial charge in [0.05, 0.1) is 0 Å². The first-order valence-corrected chi connectivity index (χ1v) is 24.6. The van der Waals surface area contributed by atoms with E-state index in [1.807, 2.05) is 91.0 Å². The minimum Gasteiger partial charge on any atom is -0.305 e. The molecule has 12 aromatic rings. The number of nitrogens with zero attached hydrogens (tertiary/aromatic N) is 3. The van der Waals surface area contributed by atoms with Gasteiger partial charge in [-0.25, -0.2) is 0 Å². The molecule has 0 fully saturated rings. The number of benzene rings is 9. The Bertz CT molecular complexity index is 4170. The van der Waals surface area contributed by atoms with Crippen LogP contribution in [-0.4, -0.2) is 15.0 Å². The summed E-state index contributed by atoms with van der Waals surface area (Å²) in [5.41, 5.74) is 19.9. The second kappa shape index (κ2) is 21.9. The maximum atomic E-state index is 8.18. The smallest absolute Gasteiger partial charge is 0.305 e. The van der Waals surface area contributed by atoms with Crippen molar-refractivity contribution in [1.82, 2.24) is 15.0 Å². The van der Waals surface area contributed by atoms with Gasteiger partial charge in [0, 0.05) is 30.9 Å². The van der Waals surface area contributed by atoms with E-state index in [-0.39, 0.29) is 36.8 Å². The van der Waals surface area contributed by atoms with Gasteiger partial charge < -0.3 is 15.0 Å². The Hall–Kier alpha value is -8.92. The van der Waals surface area contributed by atoms with Crippen LogP contribution < -0.4 is 0 Å². The van der Waals surface area contributed by atoms with E-state index in [2.05, 4.69) is 136 Å². The van der Waals surface area contributed by atoms with Crippen molar-refractivity contribution >= 4 is 0 Å². The van der Waals surface area contributed by atoms with Gasteiger partial charge in [-0.2, -0.15) is 0 Å². The quantitative estimate of drug-likeness (QED) is 0.121. The second-order valence-electron chi connectivity index (χ2n) is 18.3. The Morgan fingerprint density at radius 2 is 0.737 bits per heavy atom. The molecule has 0 amide bonds. The van der Waals surface area contributed by atoms with Crippen LogP contribution in [0.25, 0.3) is 123 Å². The summed E-state index contributed by atoms with van der Waals surface area (Å²) in [7, 11) is 0. The van der Waals surface area contributed by atoms with Crippen LogP contribution in [-0.2, 0) is 20.1 Å². The molecule has 12 rings (SSSR count). The largest absolute Gasteiger partial charge is 3.00 e. The van der Waals surface area contributed by atoms with Crippen LogP contribution in [0.2, 0.25) is 0 Å². The summed E-state index contributed by atoms with van der Waals surface area (Å²) in [6.45, 7) is -6.83. The molecule has 0 atom stereocenters. The zero-order valence-corrected chi connectivity index (χ0v) is 43.2. The minimum absolute atomic E-state index is 0. The van der Waals surface area contributed by atoms with E-state index < -0.39 is 20.6 Å². The summed E-state index contributed by atoms with van der Waals surface area (Å²) >= 11 is 0. The second-order valence-corrected chi connectivity index (χ2v) is 18.3. The minimum atomic E-state index is -2.32. The Labute approximate surface area is 472 Å². The van der Waals surface area contributed by atoms with E-state index in [0.29, 0.717) is 22.6 Å². The van der Waals surface area contributed by atoms with Gasteiger partial charge in [0.15, 0.2) is 0 Å². The molecule has 3 nitrogen and oxygen atoms in total. The fourth-order valence-electron chi connectivity index (χ4n) is 9.80. The third-order valence-corrected chi connectivity index (χ3v) is 13.6.